The van der Waals surface area contributed by atoms with E-state index in [1.54, 1.807) is 0 Å². The predicted octanol–water partition coefficient (Wildman–Crippen LogP) is 3.26. The molecule has 1 aliphatic carbocycles. The van der Waals surface area contributed by atoms with Crippen LogP contribution in [0.4, 0.5) is 0 Å². The Morgan fingerprint density at radius 2 is 2.33 bits per heavy atom. The summed E-state index contributed by atoms with van der Waals surface area (Å²) in [5.74, 6) is 0.642. The van der Waals surface area contributed by atoms with Crippen molar-refractivity contribution < 1.29 is 4.79 Å². The van der Waals surface area contributed by atoms with E-state index in [0.29, 0.717) is 12.4 Å². The number of rotatable bonds is 4. The minimum absolute atomic E-state index is 0.00194. The van der Waals surface area contributed by atoms with Crippen LogP contribution in [0.3, 0.4) is 0 Å². The molecule has 0 atom stereocenters. The molecular weight excluding hydrogens is 298 g/mol. The minimum atomic E-state index is 0.00194. The van der Waals surface area contributed by atoms with Gasteiger partial charge in [0.05, 0.1) is 8.66 Å². The summed E-state index contributed by atoms with van der Waals surface area (Å²) < 4.78 is 0.978. The van der Waals surface area contributed by atoms with Gasteiger partial charge in [0.1, 0.15) is 0 Å². The zero-order valence-corrected chi connectivity index (χ0v) is 11.2. The van der Waals surface area contributed by atoms with Crippen molar-refractivity contribution in [2.45, 2.75) is 12.8 Å². The summed E-state index contributed by atoms with van der Waals surface area (Å²) in [5.41, 5.74) is 0.186. The van der Waals surface area contributed by atoms with Crippen molar-refractivity contribution in [2.24, 2.45) is 5.41 Å². The summed E-state index contributed by atoms with van der Waals surface area (Å²) in [7, 11) is 0. The Hall–Kier alpha value is -0.0600. The Balaban J connectivity index is 1.88. The number of thiophene rings is 1. The summed E-state index contributed by atoms with van der Waals surface area (Å²) >= 11 is 10.6. The van der Waals surface area contributed by atoms with Gasteiger partial charge in [-0.1, -0.05) is 0 Å². The van der Waals surface area contributed by atoms with Crippen LogP contribution in [-0.2, 0) is 0 Å². The lowest BCUT2D eigenvalue weighted by molar-refractivity contribution is 0.0950. The van der Waals surface area contributed by atoms with Crippen molar-refractivity contribution in [3.63, 3.8) is 0 Å². The van der Waals surface area contributed by atoms with Gasteiger partial charge >= 0.3 is 0 Å². The van der Waals surface area contributed by atoms with Crippen molar-refractivity contribution in [1.29, 1.82) is 0 Å². The van der Waals surface area contributed by atoms with Crippen LogP contribution in [0, 0.1) is 5.41 Å². The molecule has 1 saturated carbocycles. The molecule has 0 bridgehead atoms. The molecule has 1 aliphatic rings. The Labute approximate surface area is 106 Å². The van der Waals surface area contributed by atoms with Gasteiger partial charge in [0.25, 0.3) is 5.91 Å². The third kappa shape index (κ3) is 2.74. The lowest BCUT2D eigenvalue weighted by atomic mass is 10.1. The van der Waals surface area contributed by atoms with Gasteiger partial charge in [-0.05, 0) is 40.9 Å². The van der Waals surface area contributed by atoms with E-state index in [4.69, 9.17) is 11.6 Å². The zero-order chi connectivity index (χ0) is 10.9. The number of carbonyl (C=O) groups excluding carboxylic acids is 1. The Morgan fingerprint density at radius 1 is 1.60 bits per heavy atom. The fraction of sp³-hybridized carbons (Fsp3) is 0.500. The van der Waals surface area contributed by atoms with Gasteiger partial charge in [0, 0.05) is 17.8 Å². The molecule has 1 fully saturated rings. The third-order valence-corrected chi connectivity index (χ3v) is 4.85. The van der Waals surface area contributed by atoms with Gasteiger partial charge in [-0.3, -0.25) is 4.79 Å². The topological polar surface area (TPSA) is 29.1 Å². The van der Waals surface area contributed by atoms with Gasteiger partial charge < -0.3 is 5.32 Å². The molecule has 0 unspecified atom stereocenters. The van der Waals surface area contributed by atoms with E-state index < -0.39 is 0 Å². The van der Waals surface area contributed by atoms with Crippen LogP contribution in [0.2, 0.25) is 0 Å². The summed E-state index contributed by atoms with van der Waals surface area (Å²) in [5, 5.41) is 2.93. The maximum atomic E-state index is 11.7. The normalized spacial score (nSPS) is 17.5. The second-order valence-electron chi connectivity index (χ2n) is 3.92. The van der Waals surface area contributed by atoms with E-state index in [9.17, 15) is 4.79 Å². The van der Waals surface area contributed by atoms with Gasteiger partial charge in [0.2, 0.25) is 0 Å². The molecule has 1 N–H and O–H groups in total. The van der Waals surface area contributed by atoms with E-state index >= 15 is 0 Å². The summed E-state index contributed by atoms with van der Waals surface area (Å²) in [6.07, 6.45) is 2.26. The van der Waals surface area contributed by atoms with Crippen LogP contribution in [0.15, 0.2) is 15.9 Å². The van der Waals surface area contributed by atoms with E-state index in [1.165, 1.54) is 11.3 Å². The first-order valence-corrected chi connectivity index (χ1v) is 6.89. The highest BCUT2D eigenvalue weighted by atomic mass is 79.9. The number of hydrogen-bond acceptors (Lipinski definition) is 2. The maximum Gasteiger partial charge on any atom is 0.261 e. The first kappa shape index (κ1) is 11.4. The predicted molar refractivity (Wildman–Crippen MR) is 66.7 cm³/mol. The van der Waals surface area contributed by atoms with Crippen molar-refractivity contribution in [1.82, 2.24) is 5.32 Å². The molecule has 0 saturated heterocycles. The molecule has 1 heterocycles. The standard InChI is InChI=1S/C10H11BrClNOS/c11-8-2-1-7(15-8)9(14)13-6-10(5-12)3-4-10/h1-2H,3-6H2,(H,13,14). The Morgan fingerprint density at radius 3 is 2.80 bits per heavy atom. The quantitative estimate of drug-likeness (QED) is 0.850. The molecule has 82 valence electrons. The van der Waals surface area contributed by atoms with Gasteiger partial charge in [-0.2, -0.15) is 0 Å². The van der Waals surface area contributed by atoms with Gasteiger partial charge in [-0.25, -0.2) is 0 Å². The van der Waals surface area contributed by atoms with Crippen molar-refractivity contribution in [2.75, 3.05) is 12.4 Å². The molecule has 2 rings (SSSR count). The molecule has 1 amide bonds. The first-order valence-electron chi connectivity index (χ1n) is 4.75. The average Bonchev–Trinajstić information content (AvgIpc) is 2.90. The van der Waals surface area contributed by atoms with Gasteiger partial charge in [0.15, 0.2) is 0 Å². The smallest absolute Gasteiger partial charge is 0.261 e. The SMILES string of the molecule is O=C(NCC1(CCl)CC1)c1ccc(Br)s1. The van der Waals surface area contributed by atoms with E-state index in [1.807, 2.05) is 12.1 Å². The van der Waals surface area contributed by atoms with Crippen molar-refractivity contribution >= 4 is 44.8 Å². The fourth-order valence-electron chi connectivity index (χ4n) is 1.33. The van der Waals surface area contributed by atoms with Crippen LogP contribution in [0.25, 0.3) is 0 Å². The summed E-state index contributed by atoms with van der Waals surface area (Å²) in [4.78, 5) is 12.4. The molecular formula is C10H11BrClNOS. The highest BCUT2D eigenvalue weighted by Crippen LogP contribution is 2.45. The third-order valence-electron chi connectivity index (χ3n) is 2.66. The fourth-order valence-corrected chi connectivity index (χ4v) is 2.99. The molecule has 0 spiro atoms. The summed E-state index contributed by atoms with van der Waals surface area (Å²) in [6, 6.07) is 3.71. The number of amides is 1. The van der Waals surface area contributed by atoms with Crippen LogP contribution >= 0.6 is 38.9 Å². The molecule has 2 nitrogen and oxygen atoms in total. The lowest BCUT2D eigenvalue weighted by Gasteiger charge is -2.11. The molecule has 0 aliphatic heterocycles. The molecule has 1 aromatic rings. The number of carbonyl (C=O) groups is 1. The summed E-state index contributed by atoms with van der Waals surface area (Å²) in [6.45, 7) is 0.699. The molecule has 0 radical (unpaired) electrons. The van der Waals surface area contributed by atoms with Crippen LogP contribution in [-0.4, -0.2) is 18.3 Å². The molecule has 15 heavy (non-hydrogen) atoms. The van der Waals surface area contributed by atoms with E-state index in [0.717, 1.165) is 21.5 Å². The number of halogens is 2. The monoisotopic (exact) mass is 307 g/mol. The van der Waals surface area contributed by atoms with Crippen LogP contribution in [0.1, 0.15) is 22.5 Å². The highest BCUT2D eigenvalue weighted by Gasteiger charge is 2.41. The number of nitrogens with one attached hydrogen (secondary N) is 1. The largest absolute Gasteiger partial charge is 0.351 e. The molecule has 5 heteroatoms. The molecule has 0 aromatic carbocycles. The first-order chi connectivity index (χ1) is 7.15. The van der Waals surface area contributed by atoms with Crippen LogP contribution in [0.5, 0.6) is 0 Å². The second-order valence-corrected chi connectivity index (χ2v) is 6.65. The van der Waals surface area contributed by atoms with Crippen LogP contribution < -0.4 is 5.32 Å². The average molecular weight is 309 g/mol. The van der Waals surface area contributed by atoms with E-state index in [2.05, 4.69) is 21.2 Å². The van der Waals surface area contributed by atoms with Crippen molar-refractivity contribution in [3.05, 3.63) is 20.8 Å². The number of hydrogen-bond donors (Lipinski definition) is 1. The number of alkyl halides is 1. The Kier molecular flexibility index (Phi) is 3.38. The molecule has 1 aromatic heterocycles. The van der Waals surface area contributed by atoms with E-state index in [-0.39, 0.29) is 11.3 Å². The minimum Gasteiger partial charge on any atom is -0.351 e. The highest BCUT2D eigenvalue weighted by molar-refractivity contribution is 9.11. The van der Waals surface area contributed by atoms with Gasteiger partial charge in [-0.15, -0.1) is 22.9 Å². The maximum absolute atomic E-state index is 11.7. The Bertz CT molecular complexity index is 375. The zero-order valence-electron chi connectivity index (χ0n) is 8.06. The second kappa shape index (κ2) is 4.44. The lowest BCUT2D eigenvalue weighted by Crippen LogP contribution is -2.30. The van der Waals surface area contributed by atoms with Crippen molar-refractivity contribution in [3.8, 4) is 0 Å².